The summed E-state index contributed by atoms with van der Waals surface area (Å²) < 4.78 is 8.55. The Balaban J connectivity index is -0.0000000750. The summed E-state index contributed by atoms with van der Waals surface area (Å²) in [5, 5.41) is 7.00. The Bertz CT molecular complexity index is 58.6. The first-order valence-electron chi connectivity index (χ1n) is 1.18. The van der Waals surface area contributed by atoms with Gasteiger partial charge in [-0.3, -0.25) is 0 Å². The second-order valence-electron chi connectivity index (χ2n) is 0.447. The minimum atomic E-state index is -5.39. The predicted octanol–water partition coefficient (Wildman–Crippen LogP) is -3.22. The minimum Gasteiger partial charge on any atom is -0.822 e. The van der Waals surface area contributed by atoms with Crippen molar-refractivity contribution in [3.8, 4) is 0 Å². The van der Waals surface area contributed by atoms with Crippen molar-refractivity contribution in [2.75, 3.05) is 7.11 Å². The fraction of sp³-hybridized carbons (Fsp3) is 1.00. The predicted molar refractivity (Wildman–Crippen MR) is 15.7 cm³/mol. The molecule has 0 aliphatic heterocycles. The van der Waals surface area contributed by atoms with E-state index in [1.54, 1.807) is 0 Å². The smallest absolute Gasteiger partial charge is 0.822 e. The van der Waals surface area contributed by atoms with Crippen LogP contribution in [0, 0.1) is 0 Å². The SMILES string of the molecule is CO.O=P([O-])([O-])[O-].[Fe+3]. The molecule has 0 amide bonds. The molecule has 0 spiro atoms. The molecule has 0 atom stereocenters. The molecule has 1 radical (unpaired) electrons. The summed E-state index contributed by atoms with van der Waals surface area (Å²) in [6.07, 6.45) is 0. The van der Waals surface area contributed by atoms with Crippen molar-refractivity contribution >= 4 is 7.82 Å². The van der Waals surface area contributed by atoms with Crippen molar-refractivity contribution in [3.63, 3.8) is 0 Å². The third-order valence-electron chi connectivity index (χ3n) is 0. The molecule has 7 heteroatoms. The van der Waals surface area contributed by atoms with Gasteiger partial charge < -0.3 is 24.4 Å². The first-order valence-corrected chi connectivity index (χ1v) is 2.64. The number of aliphatic hydroxyl groups is 1. The van der Waals surface area contributed by atoms with Crippen molar-refractivity contribution in [2.24, 2.45) is 0 Å². The minimum absolute atomic E-state index is 0. The third-order valence-corrected chi connectivity index (χ3v) is 0. The first kappa shape index (κ1) is 15.8. The molecule has 1 N–H and O–H groups in total. The van der Waals surface area contributed by atoms with E-state index in [2.05, 4.69) is 0 Å². The largest absolute Gasteiger partial charge is 3.00 e. The Kier molecular flexibility index (Phi) is 15.0. The van der Waals surface area contributed by atoms with Crippen LogP contribution in [0.3, 0.4) is 0 Å². The number of aliphatic hydroxyl groups excluding tert-OH is 1. The Morgan fingerprint density at radius 1 is 1.25 bits per heavy atom. The molecule has 0 bridgehead atoms. The maximum absolute atomic E-state index is 8.55. The molecule has 0 saturated heterocycles. The van der Waals surface area contributed by atoms with E-state index < -0.39 is 7.82 Å². The van der Waals surface area contributed by atoms with Gasteiger partial charge >= 0.3 is 17.1 Å². The van der Waals surface area contributed by atoms with Gasteiger partial charge in [0.05, 0.1) is 0 Å². The second-order valence-corrected chi connectivity index (χ2v) is 1.34. The summed E-state index contributed by atoms with van der Waals surface area (Å²) in [5.41, 5.74) is 0. The Hall–Kier alpha value is 0.589. The van der Waals surface area contributed by atoms with Crippen LogP contribution < -0.4 is 14.7 Å². The maximum Gasteiger partial charge on any atom is 3.00 e. The van der Waals surface area contributed by atoms with Gasteiger partial charge in [-0.25, -0.2) is 0 Å². The van der Waals surface area contributed by atoms with Crippen LogP contribution >= 0.6 is 7.82 Å². The zero-order chi connectivity index (χ0) is 6.50. The van der Waals surface area contributed by atoms with Crippen LogP contribution in [0.15, 0.2) is 0 Å². The number of rotatable bonds is 0. The van der Waals surface area contributed by atoms with E-state index in [1.165, 1.54) is 0 Å². The van der Waals surface area contributed by atoms with Crippen LogP contribution in [0.25, 0.3) is 0 Å². The van der Waals surface area contributed by atoms with E-state index in [0.29, 0.717) is 0 Å². The fourth-order valence-electron chi connectivity index (χ4n) is 0. The molecule has 0 saturated carbocycles. The van der Waals surface area contributed by atoms with Gasteiger partial charge in [0.15, 0.2) is 0 Å². The molecular formula is CH4FeO5P. The Labute approximate surface area is 57.1 Å². The summed E-state index contributed by atoms with van der Waals surface area (Å²) in [7, 11) is -4.39. The number of hydrogen-bond donors (Lipinski definition) is 1. The molecule has 51 valence electrons. The summed E-state index contributed by atoms with van der Waals surface area (Å²) in [6, 6.07) is 0. The van der Waals surface area contributed by atoms with Crippen LogP contribution in [-0.2, 0) is 21.6 Å². The molecule has 0 heterocycles. The topological polar surface area (TPSA) is 106 Å². The van der Waals surface area contributed by atoms with E-state index in [1.807, 2.05) is 0 Å². The zero-order valence-corrected chi connectivity index (χ0v) is 5.88. The molecule has 0 rings (SSSR count). The molecular weight excluding hydrogens is 179 g/mol. The zero-order valence-electron chi connectivity index (χ0n) is 3.88. The van der Waals surface area contributed by atoms with E-state index in [0.717, 1.165) is 7.11 Å². The molecule has 8 heavy (non-hydrogen) atoms. The van der Waals surface area contributed by atoms with Gasteiger partial charge in [0.25, 0.3) is 0 Å². The van der Waals surface area contributed by atoms with E-state index in [-0.39, 0.29) is 17.1 Å². The standard InChI is InChI=1S/CH4O.Fe.H3O4P/c1-2;;1-5(2,3)4/h2H,1H3;;(H3,1,2,3,4)/q;+3;/p-3. The molecule has 0 aromatic rings. The van der Waals surface area contributed by atoms with Crippen LogP contribution in [-0.4, -0.2) is 12.2 Å². The molecule has 0 fully saturated rings. The molecule has 5 nitrogen and oxygen atoms in total. The van der Waals surface area contributed by atoms with Crippen LogP contribution in [0.1, 0.15) is 0 Å². The van der Waals surface area contributed by atoms with Crippen molar-refractivity contribution < 1.29 is 41.4 Å². The second kappa shape index (κ2) is 7.59. The molecule has 0 aliphatic rings. The first-order chi connectivity index (χ1) is 3.00. The third kappa shape index (κ3) is 592. The van der Waals surface area contributed by atoms with Crippen LogP contribution in [0.4, 0.5) is 0 Å². The van der Waals surface area contributed by atoms with Gasteiger partial charge in [-0.1, -0.05) is 0 Å². The summed E-state index contributed by atoms with van der Waals surface area (Å²) in [5.74, 6) is 0. The van der Waals surface area contributed by atoms with Gasteiger partial charge in [-0.15, -0.1) is 0 Å². The molecule has 0 aromatic carbocycles. The van der Waals surface area contributed by atoms with Crippen LogP contribution in [0.5, 0.6) is 0 Å². The average molecular weight is 183 g/mol. The van der Waals surface area contributed by atoms with Crippen molar-refractivity contribution in [3.05, 3.63) is 0 Å². The monoisotopic (exact) mass is 183 g/mol. The van der Waals surface area contributed by atoms with Gasteiger partial charge in [0, 0.05) is 7.11 Å². The fourth-order valence-corrected chi connectivity index (χ4v) is 0. The van der Waals surface area contributed by atoms with E-state index in [4.69, 9.17) is 24.4 Å². The quantitative estimate of drug-likeness (QED) is 0.314. The maximum atomic E-state index is 8.55. The number of hydrogen-bond acceptors (Lipinski definition) is 5. The van der Waals surface area contributed by atoms with Gasteiger partial charge in [-0.2, -0.15) is 7.82 Å². The molecule has 0 unspecified atom stereocenters. The van der Waals surface area contributed by atoms with Crippen molar-refractivity contribution in [1.82, 2.24) is 0 Å². The Morgan fingerprint density at radius 3 is 1.25 bits per heavy atom. The molecule has 0 aliphatic carbocycles. The average Bonchev–Trinajstić information content (AvgIpc) is 1.36. The van der Waals surface area contributed by atoms with E-state index >= 15 is 0 Å². The van der Waals surface area contributed by atoms with Crippen molar-refractivity contribution in [1.29, 1.82) is 0 Å². The van der Waals surface area contributed by atoms with Crippen LogP contribution in [0.2, 0.25) is 0 Å². The summed E-state index contributed by atoms with van der Waals surface area (Å²) in [6.45, 7) is 0. The van der Waals surface area contributed by atoms with Gasteiger partial charge in [0.1, 0.15) is 0 Å². The van der Waals surface area contributed by atoms with E-state index in [9.17, 15) is 0 Å². The number of phosphoric acid groups is 1. The van der Waals surface area contributed by atoms with Gasteiger partial charge in [-0.05, 0) is 0 Å². The van der Waals surface area contributed by atoms with Crippen molar-refractivity contribution in [2.45, 2.75) is 0 Å². The summed E-state index contributed by atoms with van der Waals surface area (Å²) >= 11 is 0. The summed E-state index contributed by atoms with van der Waals surface area (Å²) in [4.78, 5) is 25.6. The van der Waals surface area contributed by atoms with Gasteiger partial charge in [0.2, 0.25) is 0 Å². The molecule has 0 aromatic heterocycles. The normalized spacial score (nSPS) is 8.12. The Morgan fingerprint density at radius 2 is 1.25 bits per heavy atom.